The molecule has 1 fully saturated rings. The average molecular weight is 426 g/mol. The predicted molar refractivity (Wildman–Crippen MR) is 113 cm³/mol. The number of carbonyl (C=O) groups excluding carboxylic acids is 1. The van der Waals surface area contributed by atoms with Crippen molar-refractivity contribution in [2.24, 2.45) is 0 Å². The molecule has 1 aliphatic heterocycles. The van der Waals surface area contributed by atoms with Crippen LogP contribution in [0.3, 0.4) is 0 Å². The van der Waals surface area contributed by atoms with Gasteiger partial charge in [-0.1, -0.05) is 53.2 Å². The van der Waals surface area contributed by atoms with Crippen LogP contribution >= 0.6 is 0 Å². The molecule has 3 aromatic rings. The number of hydrogen-bond donors (Lipinski definition) is 0. The van der Waals surface area contributed by atoms with Gasteiger partial charge in [-0.15, -0.1) is 0 Å². The second-order valence-corrected chi connectivity index (χ2v) is 9.31. The van der Waals surface area contributed by atoms with Gasteiger partial charge in [0, 0.05) is 37.8 Å². The van der Waals surface area contributed by atoms with Crippen LogP contribution in [0, 0.1) is 13.8 Å². The first-order valence-corrected chi connectivity index (χ1v) is 11.2. The molecule has 2 heterocycles. The van der Waals surface area contributed by atoms with E-state index < -0.39 is 10.0 Å². The fourth-order valence-corrected chi connectivity index (χ4v) is 5.26. The Kier molecular flexibility index (Phi) is 5.44. The minimum absolute atomic E-state index is 0.222. The maximum atomic E-state index is 13.0. The van der Waals surface area contributed by atoms with Gasteiger partial charge in [0.15, 0.2) is 11.5 Å². The van der Waals surface area contributed by atoms with Gasteiger partial charge in [0.1, 0.15) is 0 Å². The summed E-state index contributed by atoms with van der Waals surface area (Å²) in [5.74, 6) is 0.263. The molecule has 8 heteroatoms. The zero-order valence-corrected chi connectivity index (χ0v) is 17.7. The molecule has 0 bridgehead atoms. The minimum Gasteiger partial charge on any atom is -0.355 e. The smallest absolute Gasteiger partial charge is 0.276 e. The van der Waals surface area contributed by atoms with Crippen LogP contribution in [0.1, 0.15) is 21.6 Å². The number of benzene rings is 2. The number of sulfonamides is 1. The maximum absolute atomic E-state index is 13.0. The molecule has 0 atom stereocenters. The van der Waals surface area contributed by atoms with Gasteiger partial charge in [-0.2, -0.15) is 4.31 Å². The van der Waals surface area contributed by atoms with Crippen LogP contribution in [0.4, 0.5) is 0 Å². The van der Waals surface area contributed by atoms with E-state index in [9.17, 15) is 13.2 Å². The van der Waals surface area contributed by atoms with Crippen molar-refractivity contribution in [1.82, 2.24) is 14.4 Å². The molecule has 0 spiro atoms. The molecular weight excluding hydrogens is 402 g/mol. The standard InChI is InChI=1S/C22H23N3O4S/c1-16-8-9-21(17(2)14-16)30(27,28)25-12-10-24(11-13-25)22(26)19-15-20(29-23-19)18-6-4-3-5-7-18/h3-9,14-15H,10-13H2,1-2H3. The number of nitrogens with zero attached hydrogens (tertiary/aromatic N) is 3. The summed E-state index contributed by atoms with van der Waals surface area (Å²) in [6.07, 6.45) is 0. The third kappa shape index (κ3) is 3.88. The van der Waals surface area contributed by atoms with Crippen molar-refractivity contribution in [2.75, 3.05) is 26.2 Å². The van der Waals surface area contributed by atoms with E-state index in [1.807, 2.05) is 43.3 Å². The Balaban J connectivity index is 1.44. The summed E-state index contributed by atoms with van der Waals surface area (Å²) in [5.41, 5.74) is 2.81. The second-order valence-electron chi connectivity index (χ2n) is 7.41. The molecule has 156 valence electrons. The largest absolute Gasteiger partial charge is 0.355 e. The Bertz CT molecular complexity index is 1160. The maximum Gasteiger partial charge on any atom is 0.276 e. The number of amides is 1. The lowest BCUT2D eigenvalue weighted by molar-refractivity contribution is 0.0687. The topological polar surface area (TPSA) is 83.7 Å². The molecule has 7 nitrogen and oxygen atoms in total. The fraction of sp³-hybridized carbons (Fsp3) is 0.273. The zero-order valence-electron chi connectivity index (χ0n) is 16.9. The molecule has 1 saturated heterocycles. The van der Waals surface area contributed by atoms with E-state index in [2.05, 4.69) is 5.16 Å². The van der Waals surface area contributed by atoms with Gasteiger partial charge in [-0.3, -0.25) is 4.79 Å². The van der Waals surface area contributed by atoms with Crippen molar-refractivity contribution >= 4 is 15.9 Å². The Hall–Kier alpha value is -2.97. The van der Waals surface area contributed by atoms with E-state index in [1.165, 1.54) is 4.31 Å². The average Bonchev–Trinajstić information content (AvgIpc) is 3.24. The summed E-state index contributed by atoms with van der Waals surface area (Å²) in [4.78, 5) is 14.7. The van der Waals surface area contributed by atoms with E-state index >= 15 is 0 Å². The highest BCUT2D eigenvalue weighted by Gasteiger charge is 2.32. The molecule has 4 rings (SSSR count). The van der Waals surface area contributed by atoms with Crippen molar-refractivity contribution in [3.63, 3.8) is 0 Å². The van der Waals surface area contributed by atoms with Crippen molar-refractivity contribution in [3.8, 4) is 11.3 Å². The van der Waals surface area contributed by atoms with Crippen molar-refractivity contribution in [3.05, 3.63) is 71.4 Å². The van der Waals surface area contributed by atoms with Gasteiger partial charge < -0.3 is 9.42 Å². The number of piperazine rings is 1. The summed E-state index contributed by atoms with van der Waals surface area (Å²) < 4.78 is 32.8. The summed E-state index contributed by atoms with van der Waals surface area (Å²) in [6, 6.07) is 16.4. The molecule has 0 aliphatic carbocycles. The highest BCUT2D eigenvalue weighted by molar-refractivity contribution is 7.89. The lowest BCUT2D eigenvalue weighted by Crippen LogP contribution is -2.50. The molecule has 1 amide bonds. The molecule has 30 heavy (non-hydrogen) atoms. The molecule has 0 radical (unpaired) electrons. The normalized spacial score (nSPS) is 15.3. The molecular formula is C22H23N3O4S. The second kappa shape index (κ2) is 8.04. The van der Waals surface area contributed by atoms with Gasteiger partial charge >= 0.3 is 0 Å². The van der Waals surface area contributed by atoms with E-state index in [1.54, 1.807) is 30.0 Å². The summed E-state index contributed by atoms with van der Waals surface area (Å²) in [7, 11) is -3.59. The third-order valence-electron chi connectivity index (χ3n) is 5.26. The van der Waals surface area contributed by atoms with E-state index in [0.717, 1.165) is 16.7 Å². The lowest BCUT2D eigenvalue weighted by Gasteiger charge is -2.33. The number of aromatic nitrogens is 1. The van der Waals surface area contributed by atoms with Crippen LogP contribution in [-0.2, 0) is 10.0 Å². The van der Waals surface area contributed by atoms with E-state index in [-0.39, 0.29) is 24.7 Å². The minimum atomic E-state index is -3.59. The van der Waals surface area contributed by atoms with Gasteiger partial charge in [-0.25, -0.2) is 8.42 Å². The van der Waals surface area contributed by atoms with Crippen molar-refractivity contribution < 1.29 is 17.7 Å². The van der Waals surface area contributed by atoms with Gasteiger partial charge in [0.25, 0.3) is 5.91 Å². The predicted octanol–water partition coefficient (Wildman–Crippen LogP) is 3.11. The SMILES string of the molecule is Cc1ccc(S(=O)(=O)N2CCN(C(=O)c3cc(-c4ccccc4)on3)CC2)c(C)c1. The Labute approximate surface area is 176 Å². The van der Waals surface area contributed by atoms with Crippen LogP contribution in [-0.4, -0.2) is 54.9 Å². The first-order chi connectivity index (χ1) is 14.4. The number of hydrogen-bond acceptors (Lipinski definition) is 5. The first kappa shape index (κ1) is 20.3. The first-order valence-electron chi connectivity index (χ1n) is 9.75. The van der Waals surface area contributed by atoms with Crippen LogP contribution in [0.15, 0.2) is 64.0 Å². The number of carbonyl (C=O) groups is 1. The molecule has 1 aliphatic rings. The summed E-state index contributed by atoms with van der Waals surface area (Å²) >= 11 is 0. The Morgan fingerprint density at radius 3 is 2.33 bits per heavy atom. The fourth-order valence-electron chi connectivity index (χ4n) is 3.64. The molecule has 0 N–H and O–H groups in total. The molecule has 0 saturated carbocycles. The monoisotopic (exact) mass is 425 g/mol. The summed E-state index contributed by atoms with van der Waals surface area (Å²) in [5, 5.41) is 3.90. The Morgan fingerprint density at radius 2 is 1.67 bits per heavy atom. The highest BCUT2D eigenvalue weighted by atomic mass is 32.2. The Morgan fingerprint density at radius 1 is 0.967 bits per heavy atom. The van der Waals surface area contributed by atoms with Crippen LogP contribution < -0.4 is 0 Å². The molecule has 2 aromatic carbocycles. The molecule has 1 aromatic heterocycles. The quantitative estimate of drug-likeness (QED) is 0.641. The van der Waals surface area contributed by atoms with E-state index in [4.69, 9.17) is 4.52 Å². The van der Waals surface area contributed by atoms with E-state index in [0.29, 0.717) is 23.7 Å². The zero-order chi connectivity index (χ0) is 21.3. The van der Waals surface area contributed by atoms with Gasteiger partial charge in [-0.05, 0) is 25.5 Å². The molecule has 0 unspecified atom stereocenters. The number of aryl methyl sites for hydroxylation is 2. The van der Waals surface area contributed by atoms with Gasteiger partial charge in [0.2, 0.25) is 10.0 Å². The van der Waals surface area contributed by atoms with Crippen LogP contribution in [0.25, 0.3) is 11.3 Å². The lowest BCUT2D eigenvalue weighted by atomic mass is 10.1. The number of rotatable bonds is 4. The third-order valence-corrected chi connectivity index (χ3v) is 7.32. The summed E-state index contributed by atoms with van der Waals surface area (Å²) in [6.45, 7) is 4.82. The van der Waals surface area contributed by atoms with Crippen molar-refractivity contribution in [2.45, 2.75) is 18.7 Å². The highest BCUT2D eigenvalue weighted by Crippen LogP contribution is 2.24. The van der Waals surface area contributed by atoms with Crippen molar-refractivity contribution in [1.29, 1.82) is 0 Å². The van der Waals surface area contributed by atoms with Crippen LogP contribution in [0.2, 0.25) is 0 Å². The van der Waals surface area contributed by atoms with Crippen LogP contribution in [0.5, 0.6) is 0 Å². The van der Waals surface area contributed by atoms with Gasteiger partial charge in [0.05, 0.1) is 4.90 Å².